The number of halogens is 2. The van der Waals surface area contributed by atoms with E-state index in [1.807, 2.05) is 5.38 Å². The number of nitrogens with one attached hydrogen (secondary N) is 1. The third-order valence-electron chi connectivity index (χ3n) is 2.80. The van der Waals surface area contributed by atoms with Crippen LogP contribution in [0, 0.1) is 0 Å². The van der Waals surface area contributed by atoms with Crippen LogP contribution >= 0.6 is 36.2 Å². The Balaban J connectivity index is 0.00000144. The first kappa shape index (κ1) is 17.6. The van der Waals surface area contributed by atoms with Gasteiger partial charge in [-0.15, -0.1) is 36.2 Å². The summed E-state index contributed by atoms with van der Waals surface area (Å²) in [5.74, 6) is 0.388. The van der Waals surface area contributed by atoms with Gasteiger partial charge in [-0.3, -0.25) is 4.79 Å². The van der Waals surface area contributed by atoms with E-state index in [2.05, 4.69) is 24.1 Å². The van der Waals surface area contributed by atoms with Crippen LogP contribution in [-0.4, -0.2) is 16.4 Å². The third-order valence-corrected chi connectivity index (χ3v) is 3.67. The zero-order chi connectivity index (χ0) is 11.8. The van der Waals surface area contributed by atoms with E-state index in [9.17, 15) is 4.79 Å². The number of amides is 1. The lowest BCUT2D eigenvalue weighted by Crippen LogP contribution is -2.42. The highest BCUT2D eigenvalue weighted by molar-refractivity contribution is 7.09. The smallest absolute Gasteiger partial charge is 0.240 e. The molecule has 7 heteroatoms. The van der Waals surface area contributed by atoms with Gasteiger partial charge >= 0.3 is 0 Å². The summed E-state index contributed by atoms with van der Waals surface area (Å²) < 4.78 is 0. The van der Waals surface area contributed by atoms with Gasteiger partial charge in [-0.2, -0.15) is 0 Å². The number of hydrogen-bond donors (Lipinski definition) is 2. The fourth-order valence-electron chi connectivity index (χ4n) is 1.37. The van der Waals surface area contributed by atoms with Gasteiger partial charge < -0.3 is 11.1 Å². The third kappa shape index (κ3) is 4.09. The van der Waals surface area contributed by atoms with E-state index < -0.39 is 5.54 Å². The number of thiazole rings is 1. The van der Waals surface area contributed by atoms with Crippen molar-refractivity contribution >= 4 is 42.1 Å². The standard InChI is InChI=1S/C11H17N3OS.2ClH/c1-7(2)8-6-16-9(14-8)5-13-10(15)11(12)3-4-11;;/h6-7H,3-5,12H2,1-2H3,(H,13,15);2*1H. The Morgan fingerprint density at radius 2 is 2.17 bits per heavy atom. The van der Waals surface area contributed by atoms with E-state index in [1.54, 1.807) is 11.3 Å². The lowest BCUT2D eigenvalue weighted by atomic mass is 10.2. The van der Waals surface area contributed by atoms with Gasteiger partial charge in [0, 0.05) is 5.38 Å². The molecule has 2 rings (SSSR count). The summed E-state index contributed by atoms with van der Waals surface area (Å²) in [6.07, 6.45) is 1.60. The molecule has 0 unspecified atom stereocenters. The summed E-state index contributed by atoms with van der Waals surface area (Å²) in [5, 5.41) is 5.83. The quantitative estimate of drug-likeness (QED) is 0.896. The molecular formula is C11H19Cl2N3OS. The van der Waals surface area contributed by atoms with E-state index >= 15 is 0 Å². The van der Waals surface area contributed by atoms with Crippen molar-refractivity contribution in [1.29, 1.82) is 0 Å². The van der Waals surface area contributed by atoms with Crippen LogP contribution in [-0.2, 0) is 11.3 Å². The zero-order valence-corrected chi connectivity index (χ0v) is 12.9. The first-order valence-corrected chi connectivity index (χ1v) is 6.41. The molecule has 3 N–H and O–H groups in total. The van der Waals surface area contributed by atoms with Crippen LogP contribution in [0.4, 0.5) is 0 Å². The predicted octanol–water partition coefficient (Wildman–Crippen LogP) is 2.22. The van der Waals surface area contributed by atoms with Crippen LogP contribution in [0.15, 0.2) is 5.38 Å². The van der Waals surface area contributed by atoms with Crippen LogP contribution < -0.4 is 11.1 Å². The molecule has 0 radical (unpaired) electrons. The van der Waals surface area contributed by atoms with Crippen molar-refractivity contribution in [2.24, 2.45) is 5.73 Å². The van der Waals surface area contributed by atoms with Crippen molar-refractivity contribution in [2.45, 2.75) is 44.7 Å². The van der Waals surface area contributed by atoms with Gasteiger partial charge in [0.25, 0.3) is 0 Å². The molecule has 1 fully saturated rings. The van der Waals surface area contributed by atoms with Gasteiger partial charge in [-0.25, -0.2) is 4.98 Å². The Bertz CT molecular complexity index is 405. The maximum Gasteiger partial charge on any atom is 0.240 e. The molecule has 0 atom stereocenters. The van der Waals surface area contributed by atoms with Gasteiger partial charge in [0.2, 0.25) is 5.91 Å². The molecule has 1 saturated carbocycles. The van der Waals surface area contributed by atoms with Crippen molar-refractivity contribution in [3.63, 3.8) is 0 Å². The van der Waals surface area contributed by atoms with Crippen LogP contribution in [0.5, 0.6) is 0 Å². The second-order valence-corrected chi connectivity index (χ2v) is 5.60. The Labute approximate surface area is 124 Å². The second-order valence-electron chi connectivity index (χ2n) is 4.66. The minimum absolute atomic E-state index is 0. The highest BCUT2D eigenvalue weighted by Gasteiger charge is 2.45. The molecule has 4 nitrogen and oxygen atoms in total. The summed E-state index contributed by atoms with van der Waals surface area (Å²) >= 11 is 1.58. The van der Waals surface area contributed by atoms with Crippen molar-refractivity contribution in [3.05, 3.63) is 16.1 Å². The minimum Gasteiger partial charge on any atom is -0.348 e. The average Bonchev–Trinajstić information content (AvgIpc) is 2.82. The fourth-order valence-corrected chi connectivity index (χ4v) is 2.26. The molecule has 1 aromatic heterocycles. The van der Waals surface area contributed by atoms with Gasteiger partial charge in [-0.05, 0) is 18.8 Å². The molecule has 1 aliphatic rings. The fraction of sp³-hybridized carbons (Fsp3) is 0.636. The number of hydrogen-bond acceptors (Lipinski definition) is 4. The Kier molecular flexibility index (Phi) is 6.57. The van der Waals surface area contributed by atoms with Crippen LogP contribution in [0.2, 0.25) is 0 Å². The predicted molar refractivity (Wildman–Crippen MR) is 78.7 cm³/mol. The van der Waals surface area contributed by atoms with Crippen LogP contribution in [0.25, 0.3) is 0 Å². The molecule has 18 heavy (non-hydrogen) atoms. The number of nitrogens with two attached hydrogens (primary N) is 1. The molecule has 0 saturated heterocycles. The Morgan fingerprint density at radius 1 is 1.56 bits per heavy atom. The van der Waals surface area contributed by atoms with Gasteiger partial charge in [0.15, 0.2) is 0 Å². The molecular weight excluding hydrogens is 293 g/mol. The highest BCUT2D eigenvalue weighted by Crippen LogP contribution is 2.32. The van der Waals surface area contributed by atoms with Gasteiger partial charge in [-0.1, -0.05) is 13.8 Å². The van der Waals surface area contributed by atoms with Crippen molar-refractivity contribution in [3.8, 4) is 0 Å². The number of nitrogens with zero attached hydrogens (tertiary/aromatic N) is 1. The van der Waals surface area contributed by atoms with Crippen molar-refractivity contribution in [2.75, 3.05) is 0 Å². The molecule has 104 valence electrons. The highest BCUT2D eigenvalue weighted by atomic mass is 35.5. The largest absolute Gasteiger partial charge is 0.348 e. The van der Waals surface area contributed by atoms with E-state index in [0.717, 1.165) is 23.5 Å². The molecule has 0 spiro atoms. The topological polar surface area (TPSA) is 68.0 Å². The summed E-state index contributed by atoms with van der Waals surface area (Å²) in [6.45, 7) is 4.71. The summed E-state index contributed by atoms with van der Waals surface area (Å²) in [4.78, 5) is 16.0. The molecule has 0 aromatic carbocycles. The van der Waals surface area contributed by atoms with Crippen molar-refractivity contribution in [1.82, 2.24) is 10.3 Å². The number of aromatic nitrogens is 1. The van der Waals surface area contributed by atoms with Crippen LogP contribution in [0.1, 0.15) is 43.3 Å². The SMILES string of the molecule is CC(C)c1csc(CNC(=O)C2(N)CC2)n1.Cl.Cl. The molecule has 1 heterocycles. The number of carbonyl (C=O) groups excluding carboxylic acids is 1. The monoisotopic (exact) mass is 311 g/mol. The minimum atomic E-state index is -0.585. The average molecular weight is 312 g/mol. The maximum atomic E-state index is 11.6. The molecule has 1 aliphatic carbocycles. The van der Waals surface area contributed by atoms with E-state index in [4.69, 9.17) is 5.73 Å². The van der Waals surface area contributed by atoms with E-state index in [1.165, 1.54) is 0 Å². The number of rotatable bonds is 4. The van der Waals surface area contributed by atoms with E-state index in [0.29, 0.717) is 12.5 Å². The second kappa shape index (κ2) is 6.70. The first-order chi connectivity index (χ1) is 7.51. The molecule has 0 aliphatic heterocycles. The number of carbonyl (C=O) groups is 1. The molecule has 0 bridgehead atoms. The van der Waals surface area contributed by atoms with E-state index in [-0.39, 0.29) is 30.7 Å². The lowest BCUT2D eigenvalue weighted by molar-refractivity contribution is -0.123. The maximum absolute atomic E-state index is 11.6. The Hall–Kier alpha value is -0.360. The zero-order valence-electron chi connectivity index (χ0n) is 10.4. The van der Waals surface area contributed by atoms with Crippen molar-refractivity contribution < 1.29 is 4.79 Å². The molecule has 1 aromatic rings. The summed E-state index contributed by atoms with van der Waals surface area (Å²) in [6, 6.07) is 0. The molecule has 1 amide bonds. The lowest BCUT2D eigenvalue weighted by Gasteiger charge is -2.08. The summed E-state index contributed by atoms with van der Waals surface area (Å²) in [7, 11) is 0. The normalized spacial score (nSPS) is 15.6. The van der Waals surface area contributed by atoms with Crippen LogP contribution in [0.3, 0.4) is 0 Å². The summed E-state index contributed by atoms with van der Waals surface area (Å²) in [5.41, 5.74) is 6.28. The first-order valence-electron chi connectivity index (χ1n) is 5.53. The van der Waals surface area contributed by atoms with Gasteiger partial charge in [0.05, 0.1) is 17.8 Å². The Morgan fingerprint density at radius 3 is 2.61 bits per heavy atom. The van der Waals surface area contributed by atoms with Gasteiger partial charge in [0.1, 0.15) is 5.01 Å².